The van der Waals surface area contributed by atoms with Crippen LogP contribution in [0.15, 0.2) is 0 Å². The molecule has 0 bridgehead atoms. The van der Waals surface area contributed by atoms with Gasteiger partial charge in [0.2, 0.25) is 0 Å². The highest BCUT2D eigenvalue weighted by atomic mass is 15.1. The van der Waals surface area contributed by atoms with Crippen molar-refractivity contribution >= 4 is 0 Å². The summed E-state index contributed by atoms with van der Waals surface area (Å²) < 4.78 is 0. The fraction of sp³-hybridized carbons (Fsp3) is 0.667. The van der Waals surface area contributed by atoms with Gasteiger partial charge in [-0.2, -0.15) is 5.26 Å². The summed E-state index contributed by atoms with van der Waals surface area (Å²) in [7, 11) is 2.02. The van der Waals surface area contributed by atoms with Crippen molar-refractivity contribution in [1.29, 1.82) is 5.26 Å². The summed E-state index contributed by atoms with van der Waals surface area (Å²) in [6.07, 6.45) is 2.04. The molecule has 1 radical (unpaired) electrons. The summed E-state index contributed by atoms with van der Waals surface area (Å²) in [6.45, 7) is 1.88. The lowest BCUT2D eigenvalue weighted by Crippen LogP contribution is -2.13. The Balaban J connectivity index is 2.35. The first kappa shape index (κ1) is 5.58. The van der Waals surface area contributed by atoms with E-state index in [0.29, 0.717) is 0 Å². The lowest BCUT2D eigenvalue weighted by Gasteiger charge is -2.02. The van der Waals surface area contributed by atoms with Crippen LogP contribution in [0.3, 0.4) is 0 Å². The second kappa shape index (κ2) is 2.15. The molecule has 0 saturated carbocycles. The maximum Gasteiger partial charge on any atom is 0.0672 e. The van der Waals surface area contributed by atoms with Crippen LogP contribution in [0.1, 0.15) is 0 Å². The molecule has 43 valence electrons. The second-order valence-corrected chi connectivity index (χ2v) is 2.19. The normalized spacial score (nSPS) is 30.2. The molecular formula is C6H9N2. The van der Waals surface area contributed by atoms with Crippen LogP contribution in [0.25, 0.3) is 0 Å². The Morgan fingerprint density at radius 1 is 1.88 bits per heavy atom. The van der Waals surface area contributed by atoms with E-state index in [1.54, 1.807) is 0 Å². The van der Waals surface area contributed by atoms with E-state index in [0.717, 1.165) is 13.1 Å². The van der Waals surface area contributed by atoms with Gasteiger partial charge >= 0.3 is 0 Å². The van der Waals surface area contributed by atoms with Crippen molar-refractivity contribution in [2.45, 2.75) is 0 Å². The van der Waals surface area contributed by atoms with E-state index in [1.807, 2.05) is 13.5 Å². The topological polar surface area (TPSA) is 27.0 Å². The first-order chi connectivity index (χ1) is 3.83. The molecule has 1 atom stereocenters. The molecule has 0 aromatic carbocycles. The molecule has 0 spiro atoms. The van der Waals surface area contributed by atoms with Crippen molar-refractivity contribution in [2.24, 2.45) is 5.92 Å². The molecule has 1 heterocycles. The molecule has 0 amide bonds. The highest BCUT2D eigenvalue weighted by Crippen LogP contribution is 2.10. The highest BCUT2D eigenvalue weighted by Gasteiger charge is 2.17. The first-order valence-electron chi connectivity index (χ1n) is 2.74. The van der Waals surface area contributed by atoms with Gasteiger partial charge in [0, 0.05) is 13.1 Å². The number of hydrogen-bond donors (Lipinski definition) is 0. The van der Waals surface area contributed by atoms with Gasteiger partial charge in [0.05, 0.1) is 12.0 Å². The molecule has 1 saturated heterocycles. The quantitative estimate of drug-likeness (QED) is 0.446. The van der Waals surface area contributed by atoms with Gasteiger partial charge in [0.1, 0.15) is 0 Å². The fourth-order valence-corrected chi connectivity index (χ4v) is 0.886. The molecule has 1 aliphatic rings. The second-order valence-electron chi connectivity index (χ2n) is 2.19. The lowest BCUT2D eigenvalue weighted by molar-refractivity contribution is 0.412. The van der Waals surface area contributed by atoms with Crippen LogP contribution in [-0.4, -0.2) is 25.0 Å². The summed E-state index contributed by atoms with van der Waals surface area (Å²) in [5.41, 5.74) is 0. The van der Waals surface area contributed by atoms with Gasteiger partial charge < -0.3 is 4.90 Å². The number of likely N-dealkylation sites (tertiary alicyclic amines) is 1. The Kier molecular flexibility index (Phi) is 1.50. The van der Waals surface area contributed by atoms with E-state index in [4.69, 9.17) is 5.26 Å². The van der Waals surface area contributed by atoms with Gasteiger partial charge in [-0.05, 0) is 13.5 Å². The van der Waals surface area contributed by atoms with Gasteiger partial charge in [0.15, 0.2) is 0 Å². The summed E-state index contributed by atoms with van der Waals surface area (Å²) in [4.78, 5) is 2.13. The van der Waals surface area contributed by atoms with Crippen molar-refractivity contribution in [1.82, 2.24) is 4.90 Å². The Morgan fingerprint density at radius 3 is 2.88 bits per heavy atom. The molecule has 1 fully saturated rings. The Bertz CT molecular complexity index is 114. The van der Waals surface area contributed by atoms with Gasteiger partial charge in [-0.3, -0.25) is 0 Å². The number of nitrogens with zero attached hydrogens (tertiary/aromatic N) is 2. The largest absolute Gasteiger partial charge is 0.305 e. The third-order valence-corrected chi connectivity index (χ3v) is 1.38. The summed E-state index contributed by atoms with van der Waals surface area (Å²) in [6, 6.07) is 2.20. The van der Waals surface area contributed by atoms with E-state index in [2.05, 4.69) is 11.0 Å². The molecule has 0 aromatic heterocycles. The molecular weight excluding hydrogens is 100 g/mol. The molecule has 1 rings (SSSR count). The summed E-state index contributed by atoms with van der Waals surface area (Å²) >= 11 is 0. The molecule has 0 aromatic rings. The van der Waals surface area contributed by atoms with Crippen molar-refractivity contribution < 1.29 is 0 Å². The average molecular weight is 109 g/mol. The van der Waals surface area contributed by atoms with Crippen molar-refractivity contribution in [3.05, 3.63) is 6.42 Å². The van der Waals surface area contributed by atoms with Gasteiger partial charge in [0.25, 0.3) is 0 Å². The minimum atomic E-state index is 0.181. The third-order valence-electron chi connectivity index (χ3n) is 1.38. The van der Waals surface area contributed by atoms with Crippen molar-refractivity contribution in [3.63, 3.8) is 0 Å². The van der Waals surface area contributed by atoms with Crippen LogP contribution in [0.4, 0.5) is 0 Å². The zero-order chi connectivity index (χ0) is 5.98. The SMILES string of the molecule is CN1C[CH]C(C#N)C1. The van der Waals surface area contributed by atoms with Gasteiger partial charge in [-0.1, -0.05) is 0 Å². The molecule has 8 heavy (non-hydrogen) atoms. The number of nitriles is 1. The van der Waals surface area contributed by atoms with E-state index < -0.39 is 0 Å². The number of rotatable bonds is 0. The molecule has 0 aliphatic carbocycles. The van der Waals surface area contributed by atoms with E-state index in [9.17, 15) is 0 Å². The Morgan fingerprint density at radius 2 is 2.62 bits per heavy atom. The standard InChI is InChI=1S/C6H9N2/c1-8-3-2-6(4-7)5-8/h2,6H,3,5H2,1H3. The maximum atomic E-state index is 8.38. The molecule has 0 N–H and O–H groups in total. The van der Waals surface area contributed by atoms with E-state index in [1.165, 1.54) is 0 Å². The Labute approximate surface area is 49.7 Å². The predicted octanol–water partition coefficient (Wildman–Crippen LogP) is 0.276. The third kappa shape index (κ3) is 0.988. The van der Waals surface area contributed by atoms with Gasteiger partial charge in [-0.25, -0.2) is 0 Å². The van der Waals surface area contributed by atoms with Crippen LogP contribution in [0, 0.1) is 23.7 Å². The van der Waals surface area contributed by atoms with Crippen LogP contribution >= 0.6 is 0 Å². The molecule has 2 nitrogen and oxygen atoms in total. The minimum absolute atomic E-state index is 0.181. The Hall–Kier alpha value is -0.550. The van der Waals surface area contributed by atoms with E-state index >= 15 is 0 Å². The fourth-order valence-electron chi connectivity index (χ4n) is 0.886. The van der Waals surface area contributed by atoms with Gasteiger partial charge in [-0.15, -0.1) is 0 Å². The van der Waals surface area contributed by atoms with E-state index in [-0.39, 0.29) is 5.92 Å². The van der Waals surface area contributed by atoms with Crippen LogP contribution in [0.2, 0.25) is 0 Å². The summed E-state index contributed by atoms with van der Waals surface area (Å²) in [5, 5.41) is 8.38. The number of hydrogen-bond acceptors (Lipinski definition) is 2. The predicted molar refractivity (Wildman–Crippen MR) is 30.9 cm³/mol. The van der Waals surface area contributed by atoms with Crippen LogP contribution < -0.4 is 0 Å². The van der Waals surface area contributed by atoms with Crippen LogP contribution in [0.5, 0.6) is 0 Å². The lowest BCUT2D eigenvalue weighted by atomic mass is 10.1. The van der Waals surface area contributed by atoms with Crippen molar-refractivity contribution in [2.75, 3.05) is 20.1 Å². The maximum absolute atomic E-state index is 8.38. The minimum Gasteiger partial charge on any atom is -0.305 e. The zero-order valence-corrected chi connectivity index (χ0v) is 4.96. The first-order valence-corrected chi connectivity index (χ1v) is 2.74. The smallest absolute Gasteiger partial charge is 0.0672 e. The monoisotopic (exact) mass is 109 g/mol. The summed E-state index contributed by atoms with van der Waals surface area (Å²) in [5.74, 6) is 0.181. The average Bonchev–Trinajstić information content (AvgIpc) is 2.14. The molecule has 1 unspecified atom stereocenters. The highest BCUT2D eigenvalue weighted by molar-refractivity contribution is 5.00. The zero-order valence-electron chi connectivity index (χ0n) is 4.96. The molecule has 1 aliphatic heterocycles. The molecule has 2 heteroatoms. The van der Waals surface area contributed by atoms with Crippen molar-refractivity contribution in [3.8, 4) is 6.07 Å². The van der Waals surface area contributed by atoms with Crippen LogP contribution in [-0.2, 0) is 0 Å².